The van der Waals surface area contributed by atoms with E-state index in [0.717, 1.165) is 5.56 Å². The molecule has 160 valence electrons. The van der Waals surface area contributed by atoms with Gasteiger partial charge >= 0.3 is 12.1 Å². The van der Waals surface area contributed by atoms with Gasteiger partial charge in [0, 0.05) is 12.6 Å². The lowest BCUT2D eigenvalue weighted by Gasteiger charge is -2.20. The van der Waals surface area contributed by atoms with Gasteiger partial charge < -0.3 is 19.5 Å². The van der Waals surface area contributed by atoms with Gasteiger partial charge in [0.25, 0.3) is 5.91 Å². The summed E-state index contributed by atoms with van der Waals surface area (Å²) in [4.78, 5) is 40.3. The molecular formula is C21H25N3O6. The van der Waals surface area contributed by atoms with Gasteiger partial charge in [-0.05, 0) is 38.5 Å². The summed E-state index contributed by atoms with van der Waals surface area (Å²) in [6.45, 7) is 5.41. The molecule has 2 rings (SSSR count). The summed E-state index contributed by atoms with van der Waals surface area (Å²) in [5, 5.41) is 5.29. The van der Waals surface area contributed by atoms with E-state index in [1.807, 2.05) is 0 Å². The lowest BCUT2D eigenvalue weighted by molar-refractivity contribution is 0.0598. The normalized spacial score (nSPS) is 10.7. The summed E-state index contributed by atoms with van der Waals surface area (Å²) in [6, 6.07) is 8.05. The maximum atomic E-state index is 12.7. The van der Waals surface area contributed by atoms with Gasteiger partial charge in [0.2, 0.25) is 5.88 Å². The molecular weight excluding hydrogens is 390 g/mol. The fourth-order valence-corrected chi connectivity index (χ4v) is 2.40. The molecule has 1 aromatic carbocycles. The number of nitrogens with one attached hydrogen (secondary N) is 2. The third kappa shape index (κ3) is 6.47. The molecule has 0 atom stereocenters. The van der Waals surface area contributed by atoms with Crippen molar-refractivity contribution in [2.24, 2.45) is 0 Å². The van der Waals surface area contributed by atoms with Crippen molar-refractivity contribution in [2.75, 3.05) is 19.5 Å². The van der Waals surface area contributed by atoms with E-state index in [1.165, 1.54) is 26.5 Å². The van der Waals surface area contributed by atoms with E-state index in [1.54, 1.807) is 45.0 Å². The molecule has 0 saturated carbocycles. The zero-order chi connectivity index (χ0) is 22.3. The van der Waals surface area contributed by atoms with Crippen molar-refractivity contribution < 1.29 is 28.6 Å². The van der Waals surface area contributed by atoms with E-state index >= 15 is 0 Å². The Morgan fingerprint density at radius 1 is 1.07 bits per heavy atom. The smallest absolute Gasteiger partial charge is 0.412 e. The fraction of sp³-hybridized carbons (Fsp3) is 0.333. The van der Waals surface area contributed by atoms with Crippen molar-refractivity contribution in [1.29, 1.82) is 0 Å². The molecule has 0 spiro atoms. The van der Waals surface area contributed by atoms with Crippen molar-refractivity contribution >= 4 is 23.7 Å². The number of hydrogen-bond donors (Lipinski definition) is 2. The molecule has 9 heteroatoms. The van der Waals surface area contributed by atoms with Crippen molar-refractivity contribution in [2.45, 2.75) is 32.9 Å². The summed E-state index contributed by atoms with van der Waals surface area (Å²) in [5.41, 5.74) is 0.847. The summed E-state index contributed by atoms with van der Waals surface area (Å²) < 4.78 is 15.0. The Kier molecular flexibility index (Phi) is 7.35. The van der Waals surface area contributed by atoms with Crippen molar-refractivity contribution in [3.8, 4) is 5.88 Å². The Morgan fingerprint density at radius 3 is 2.30 bits per heavy atom. The molecule has 0 aliphatic carbocycles. The minimum atomic E-state index is -0.707. The molecule has 1 heterocycles. The molecule has 0 radical (unpaired) electrons. The van der Waals surface area contributed by atoms with Gasteiger partial charge in [-0.1, -0.05) is 12.1 Å². The molecule has 30 heavy (non-hydrogen) atoms. The second-order valence-electron chi connectivity index (χ2n) is 7.27. The molecule has 0 bridgehead atoms. The number of amides is 2. The fourth-order valence-electron chi connectivity index (χ4n) is 2.40. The Morgan fingerprint density at radius 2 is 1.73 bits per heavy atom. The highest BCUT2D eigenvalue weighted by Gasteiger charge is 2.20. The first-order chi connectivity index (χ1) is 14.1. The monoisotopic (exact) mass is 415 g/mol. The van der Waals surface area contributed by atoms with Crippen LogP contribution in [0.1, 0.15) is 47.1 Å². The standard InChI is InChI=1S/C21H25N3O6/c1-21(2,3)30-20(27)24-16-12-22-17(28-4)10-15(16)18(25)23-11-13-6-8-14(9-7-13)19(26)29-5/h6-10,12H,11H2,1-5H3,(H,23,25)(H,24,27). The Labute approximate surface area is 174 Å². The predicted octanol–water partition coefficient (Wildman–Crippen LogP) is 3.15. The van der Waals surface area contributed by atoms with Crippen LogP contribution in [0.3, 0.4) is 0 Å². The summed E-state index contributed by atoms with van der Waals surface area (Å²) in [5.74, 6) is -0.663. The molecule has 0 unspecified atom stereocenters. The van der Waals surface area contributed by atoms with Crippen LogP contribution < -0.4 is 15.4 Å². The minimum absolute atomic E-state index is 0.166. The van der Waals surface area contributed by atoms with Gasteiger partial charge in [-0.2, -0.15) is 0 Å². The van der Waals surface area contributed by atoms with E-state index < -0.39 is 23.6 Å². The zero-order valence-corrected chi connectivity index (χ0v) is 17.6. The lowest BCUT2D eigenvalue weighted by atomic mass is 10.1. The van der Waals surface area contributed by atoms with Gasteiger partial charge in [0.05, 0.1) is 37.2 Å². The quantitative estimate of drug-likeness (QED) is 0.696. The summed E-state index contributed by atoms with van der Waals surface area (Å²) in [6.07, 6.45) is 0.616. The van der Waals surface area contributed by atoms with Crippen LogP contribution in [0.2, 0.25) is 0 Å². The van der Waals surface area contributed by atoms with Crippen molar-refractivity contribution in [3.05, 3.63) is 53.2 Å². The maximum Gasteiger partial charge on any atom is 0.412 e. The first kappa shape index (κ1) is 22.7. The number of carbonyl (C=O) groups excluding carboxylic acids is 3. The van der Waals surface area contributed by atoms with E-state index in [2.05, 4.69) is 20.4 Å². The van der Waals surface area contributed by atoms with Gasteiger partial charge in [0.1, 0.15) is 5.60 Å². The largest absolute Gasteiger partial charge is 0.481 e. The molecule has 0 aliphatic heterocycles. The molecule has 9 nitrogen and oxygen atoms in total. The van der Waals surface area contributed by atoms with Crippen LogP contribution in [0.25, 0.3) is 0 Å². The number of aromatic nitrogens is 1. The van der Waals surface area contributed by atoms with Crippen LogP contribution in [-0.4, -0.2) is 42.8 Å². The number of hydrogen-bond acceptors (Lipinski definition) is 7. The highest BCUT2D eigenvalue weighted by molar-refractivity contribution is 6.02. The molecule has 0 fully saturated rings. The molecule has 2 amide bonds. The summed E-state index contributed by atoms with van der Waals surface area (Å²) >= 11 is 0. The number of anilines is 1. The maximum absolute atomic E-state index is 12.7. The Bertz CT molecular complexity index is 919. The molecule has 0 saturated heterocycles. The highest BCUT2D eigenvalue weighted by Crippen LogP contribution is 2.21. The third-order valence-corrected chi connectivity index (χ3v) is 3.80. The Balaban J connectivity index is 2.13. The molecule has 2 N–H and O–H groups in total. The number of carbonyl (C=O) groups is 3. The number of rotatable bonds is 6. The Hall–Kier alpha value is -3.62. The van der Waals surface area contributed by atoms with Gasteiger partial charge in [-0.3, -0.25) is 10.1 Å². The number of nitrogens with zero attached hydrogens (tertiary/aromatic N) is 1. The van der Waals surface area contributed by atoms with E-state index in [0.29, 0.717) is 5.56 Å². The molecule has 1 aromatic heterocycles. The minimum Gasteiger partial charge on any atom is -0.481 e. The number of esters is 1. The second kappa shape index (κ2) is 9.73. The van der Waals surface area contributed by atoms with E-state index in [4.69, 9.17) is 9.47 Å². The van der Waals surface area contributed by atoms with Gasteiger partial charge in [-0.15, -0.1) is 0 Å². The average Bonchev–Trinajstić information content (AvgIpc) is 2.70. The van der Waals surface area contributed by atoms with Crippen LogP contribution in [-0.2, 0) is 16.0 Å². The second-order valence-corrected chi connectivity index (χ2v) is 7.27. The predicted molar refractivity (Wildman–Crippen MR) is 110 cm³/mol. The molecule has 2 aromatic rings. The van der Waals surface area contributed by atoms with Crippen LogP contribution in [0, 0.1) is 0 Å². The number of pyridine rings is 1. The summed E-state index contributed by atoms with van der Waals surface area (Å²) in [7, 11) is 2.73. The highest BCUT2D eigenvalue weighted by atomic mass is 16.6. The van der Waals surface area contributed by atoms with Crippen molar-refractivity contribution in [1.82, 2.24) is 10.3 Å². The first-order valence-corrected chi connectivity index (χ1v) is 9.12. The first-order valence-electron chi connectivity index (χ1n) is 9.12. The van der Waals surface area contributed by atoms with Crippen LogP contribution >= 0.6 is 0 Å². The third-order valence-electron chi connectivity index (χ3n) is 3.80. The van der Waals surface area contributed by atoms with Gasteiger partial charge in [-0.25, -0.2) is 14.6 Å². The van der Waals surface area contributed by atoms with Crippen LogP contribution in [0.4, 0.5) is 10.5 Å². The van der Waals surface area contributed by atoms with Crippen LogP contribution in [0.5, 0.6) is 5.88 Å². The van der Waals surface area contributed by atoms with E-state index in [9.17, 15) is 14.4 Å². The number of methoxy groups -OCH3 is 2. The van der Waals surface area contributed by atoms with E-state index in [-0.39, 0.29) is 23.7 Å². The average molecular weight is 415 g/mol. The van der Waals surface area contributed by atoms with Crippen molar-refractivity contribution in [3.63, 3.8) is 0 Å². The van der Waals surface area contributed by atoms with Gasteiger partial charge in [0.15, 0.2) is 0 Å². The SMILES string of the molecule is COC(=O)c1ccc(CNC(=O)c2cc(OC)ncc2NC(=O)OC(C)(C)C)cc1. The topological polar surface area (TPSA) is 116 Å². The van der Waals surface area contributed by atoms with Crippen LogP contribution in [0.15, 0.2) is 36.5 Å². The zero-order valence-electron chi connectivity index (χ0n) is 17.6. The number of ether oxygens (including phenoxy) is 3. The number of benzene rings is 1. The lowest BCUT2D eigenvalue weighted by Crippen LogP contribution is -2.29. The molecule has 0 aliphatic rings.